The summed E-state index contributed by atoms with van der Waals surface area (Å²) in [6.45, 7) is 1.56. The van der Waals surface area contributed by atoms with Crippen LogP contribution in [0, 0.1) is 0 Å². The molecule has 0 aromatic heterocycles. The van der Waals surface area contributed by atoms with Crippen LogP contribution in [0.25, 0.3) is 6.08 Å². The first-order chi connectivity index (χ1) is 10.7. The Hall–Kier alpha value is -2.55. The lowest BCUT2D eigenvalue weighted by molar-refractivity contribution is -0.119. The summed E-state index contributed by atoms with van der Waals surface area (Å²) in [5.74, 6) is -0.00552. The van der Waals surface area contributed by atoms with Crippen LogP contribution in [0.4, 0.5) is 5.69 Å². The molecule has 2 aromatic rings. The minimum atomic E-state index is -0.00552. The van der Waals surface area contributed by atoms with Crippen molar-refractivity contribution in [2.24, 2.45) is 0 Å². The van der Waals surface area contributed by atoms with Crippen LogP contribution in [-0.2, 0) is 4.79 Å². The lowest BCUT2D eigenvalue weighted by Gasteiger charge is -2.27. The van der Waals surface area contributed by atoms with Crippen LogP contribution in [-0.4, -0.2) is 11.9 Å². The van der Waals surface area contributed by atoms with E-state index in [1.54, 1.807) is 6.92 Å². The second-order valence-corrected chi connectivity index (χ2v) is 5.60. The summed E-state index contributed by atoms with van der Waals surface area (Å²) < 4.78 is 0. The number of para-hydroxylation sites is 1. The third-order valence-corrected chi connectivity index (χ3v) is 3.88. The Morgan fingerprint density at radius 2 is 1.86 bits per heavy atom. The van der Waals surface area contributed by atoms with Gasteiger partial charge in [-0.2, -0.15) is 0 Å². The van der Waals surface area contributed by atoms with Crippen LogP contribution < -0.4 is 10.6 Å². The summed E-state index contributed by atoms with van der Waals surface area (Å²) in [7, 11) is 0. The molecule has 1 amide bonds. The summed E-state index contributed by atoms with van der Waals surface area (Å²) >= 11 is 0. The predicted molar refractivity (Wildman–Crippen MR) is 90.5 cm³/mol. The summed E-state index contributed by atoms with van der Waals surface area (Å²) in [5, 5.41) is 6.59. The maximum atomic E-state index is 11.5. The van der Waals surface area contributed by atoms with Crippen molar-refractivity contribution in [3.63, 3.8) is 0 Å². The van der Waals surface area contributed by atoms with Crippen molar-refractivity contribution in [1.82, 2.24) is 5.32 Å². The molecule has 2 N–H and O–H groups in total. The number of fused-ring (bicyclic) bond motifs is 1. The monoisotopic (exact) mass is 292 g/mol. The van der Waals surface area contributed by atoms with Crippen LogP contribution in [0.5, 0.6) is 0 Å². The molecule has 1 aliphatic heterocycles. The molecule has 1 unspecified atom stereocenters. The van der Waals surface area contributed by atoms with E-state index in [0.717, 1.165) is 17.7 Å². The zero-order valence-electron chi connectivity index (χ0n) is 12.6. The highest BCUT2D eigenvalue weighted by Crippen LogP contribution is 2.27. The van der Waals surface area contributed by atoms with Crippen LogP contribution in [0.15, 0.2) is 60.7 Å². The highest BCUT2D eigenvalue weighted by Gasteiger charge is 2.19. The van der Waals surface area contributed by atoms with E-state index < -0.39 is 0 Å². The van der Waals surface area contributed by atoms with Gasteiger partial charge in [0.25, 0.3) is 0 Å². The standard InChI is InChI=1S/C19H20N2O/c1-14(22)20-19(15-7-3-2-4-8-15)13-17-12-11-16-9-5-6-10-18(16)21-17/h2-12,17,19,21H,13H2,1H3,(H,20,22)/t17?,19-/m1/s1. The Bertz CT molecular complexity index is 679. The topological polar surface area (TPSA) is 41.1 Å². The quantitative estimate of drug-likeness (QED) is 0.901. The van der Waals surface area contributed by atoms with Gasteiger partial charge in [0, 0.05) is 18.7 Å². The molecule has 2 atom stereocenters. The Labute approximate surface area is 131 Å². The number of anilines is 1. The largest absolute Gasteiger partial charge is 0.378 e. The normalized spacial score (nSPS) is 17.2. The SMILES string of the molecule is CC(=O)N[C@H](CC1C=Cc2ccccc2N1)c1ccccc1. The molecule has 2 aromatic carbocycles. The Morgan fingerprint density at radius 1 is 1.14 bits per heavy atom. The van der Waals surface area contributed by atoms with Crippen molar-refractivity contribution in [1.29, 1.82) is 0 Å². The van der Waals surface area contributed by atoms with Gasteiger partial charge in [-0.05, 0) is 23.6 Å². The molecule has 1 aliphatic rings. The second-order valence-electron chi connectivity index (χ2n) is 5.60. The van der Waals surface area contributed by atoms with E-state index in [1.807, 2.05) is 30.3 Å². The number of carbonyl (C=O) groups excluding carboxylic acids is 1. The van der Waals surface area contributed by atoms with Gasteiger partial charge in [-0.1, -0.05) is 60.7 Å². The maximum absolute atomic E-state index is 11.5. The number of nitrogens with one attached hydrogen (secondary N) is 2. The van der Waals surface area contributed by atoms with Crippen molar-refractivity contribution in [2.75, 3.05) is 5.32 Å². The molecule has 0 spiro atoms. The van der Waals surface area contributed by atoms with Gasteiger partial charge in [0.15, 0.2) is 0 Å². The minimum Gasteiger partial charge on any atom is -0.378 e. The van der Waals surface area contributed by atoms with Crippen LogP contribution in [0.3, 0.4) is 0 Å². The smallest absolute Gasteiger partial charge is 0.217 e. The second kappa shape index (κ2) is 6.48. The molecule has 1 heterocycles. The maximum Gasteiger partial charge on any atom is 0.217 e. The Kier molecular flexibility index (Phi) is 4.24. The summed E-state index contributed by atoms with van der Waals surface area (Å²) in [4.78, 5) is 11.5. The fourth-order valence-corrected chi connectivity index (χ4v) is 2.84. The molecule has 3 rings (SSSR count). The number of amides is 1. The van der Waals surface area contributed by atoms with E-state index in [0.29, 0.717) is 0 Å². The zero-order valence-corrected chi connectivity index (χ0v) is 12.6. The average Bonchev–Trinajstić information content (AvgIpc) is 2.54. The molecule has 112 valence electrons. The minimum absolute atomic E-state index is 0.00552. The molecule has 3 nitrogen and oxygen atoms in total. The molecule has 22 heavy (non-hydrogen) atoms. The third kappa shape index (κ3) is 3.37. The number of hydrogen-bond donors (Lipinski definition) is 2. The van der Waals surface area contributed by atoms with Crippen molar-refractivity contribution >= 4 is 17.7 Å². The molecule has 0 saturated heterocycles. The van der Waals surface area contributed by atoms with Crippen molar-refractivity contribution in [2.45, 2.75) is 25.4 Å². The van der Waals surface area contributed by atoms with Crippen LogP contribution in [0.2, 0.25) is 0 Å². The van der Waals surface area contributed by atoms with E-state index in [1.165, 1.54) is 5.56 Å². The van der Waals surface area contributed by atoms with Crippen molar-refractivity contribution < 1.29 is 4.79 Å². The van der Waals surface area contributed by atoms with E-state index in [9.17, 15) is 4.79 Å². The summed E-state index contributed by atoms with van der Waals surface area (Å²) in [5.41, 5.74) is 3.48. The predicted octanol–water partition coefficient (Wildman–Crippen LogP) is 3.76. The first-order valence-electron chi connectivity index (χ1n) is 7.58. The van der Waals surface area contributed by atoms with Crippen molar-refractivity contribution in [3.05, 3.63) is 71.8 Å². The van der Waals surface area contributed by atoms with Crippen LogP contribution in [0.1, 0.15) is 30.5 Å². The fraction of sp³-hybridized carbons (Fsp3) is 0.211. The third-order valence-electron chi connectivity index (χ3n) is 3.88. The van der Waals surface area contributed by atoms with Gasteiger partial charge in [0.2, 0.25) is 5.91 Å². The van der Waals surface area contributed by atoms with Crippen LogP contribution >= 0.6 is 0 Å². The summed E-state index contributed by atoms with van der Waals surface area (Å²) in [6.07, 6.45) is 5.13. The number of carbonyl (C=O) groups is 1. The Morgan fingerprint density at radius 3 is 2.64 bits per heavy atom. The molecular weight excluding hydrogens is 272 g/mol. The van der Waals surface area contributed by atoms with Gasteiger partial charge in [-0.15, -0.1) is 0 Å². The summed E-state index contributed by atoms with van der Waals surface area (Å²) in [6, 6.07) is 18.6. The van der Waals surface area contributed by atoms with Gasteiger partial charge >= 0.3 is 0 Å². The molecule has 0 radical (unpaired) electrons. The van der Waals surface area contributed by atoms with Gasteiger partial charge in [-0.25, -0.2) is 0 Å². The molecule has 0 fully saturated rings. The average molecular weight is 292 g/mol. The van der Waals surface area contributed by atoms with E-state index in [4.69, 9.17) is 0 Å². The van der Waals surface area contributed by atoms with E-state index >= 15 is 0 Å². The fourth-order valence-electron chi connectivity index (χ4n) is 2.84. The molecule has 0 saturated carbocycles. The first kappa shape index (κ1) is 14.4. The number of hydrogen-bond acceptors (Lipinski definition) is 2. The highest BCUT2D eigenvalue weighted by atomic mass is 16.1. The van der Waals surface area contributed by atoms with E-state index in [2.05, 4.69) is 47.1 Å². The zero-order chi connectivity index (χ0) is 15.4. The molecule has 3 heteroatoms. The Balaban J connectivity index is 1.76. The van der Waals surface area contributed by atoms with Gasteiger partial charge in [-0.3, -0.25) is 4.79 Å². The molecule has 0 bridgehead atoms. The van der Waals surface area contributed by atoms with Gasteiger partial charge < -0.3 is 10.6 Å². The highest BCUT2D eigenvalue weighted by molar-refractivity contribution is 5.74. The number of rotatable bonds is 4. The lowest BCUT2D eigenvalue weighted by Crippen LogP contribution is -2.32. The number of benzene rings is 2. The lowest BCUT2D eigenvalue weighted by atomic mass is 9.96. The van der Waals surface area contributed by atoms with Crippen molar-refractivity contribution in [3.8, 4) is 0 Å². The van der Waals surface area contributed by atoms with E-state index in [-0.39, 0.29) is 18.0 Å². The first-order valence-corrected chi connectivity index (χ1v) is 7.58. The molecular formula is C19H20N2O. The van der Waals surface area contributed by atoms with Gasteiger partial charge in [0.1, 0.15) is 0 Å². The molecule has 0 aliphatic carbocycles. The van der Waals surface area contributed by atoms with Gasteiger partial charge in [0.05, 0.1) is 6.04 Å².